The van der Waals surface area contributed by atoms with Crippen molar-refractivity contribution >= 4 is 11.6 Å². The SMILES string of the molecule is Cc1ccc(C[NH2+]Cc2ccc(OCc3ccc(Cl)cc3)cc2)cc1. The standard InChI is InChI=1S/C22H22ClNO/c1-17-2-4-18(5-3-17)14-24-15-19-8-12-22(13-9-19)25-16-20-6-10-21(23)11-7-20/h2-13,24H,14-16H2,1H3/p+1. The highest BCUT2D eigenvalue weighted by Gasteiger charge is 2.00. The van der Waals surface area contributed by atoms with E-state index in [2.05, 4.69) is 48.6 Å². The van der Waals surface area contributed by atoms with Gasteiger partial charge in [-0.25, -0.2) is 0 Å². The van der Waals surface area contributed by atoms with Crippen molar-refractivity contribution in [3.8, 4) is 5.75 Å². The third kappa shape index (κ3) is 5.63. The Bertz CT molecular complexity index is 780. The molecule has 0 spiro atoms. The Morgan fingerprint density at radius 1 is 0.720 bits per heavy atom. The maximum Gasteiger partial charge on any atom is 0.119 e. The molecule has 3 heteroatoms. The summed E-state index contributed by atoms with van der Waals surface area (Å²) in [4.78, 5) is 0. The first kappa shape index (κ1) is 17.5. The minimum absolute atomic E-state index is 0.552. The zero-order valence-corrected chi connectivity index (χ0v) is 15.2. The Kier molecular flexibility index (Phi) is 6.10. The van der Waals surface area contributed by atoms with Crippen LogP contribution in [0.2, 0.25) is 5.02 Å². The molecule has 0 heterocycles. The summed E-state index contributed by atoms with van der Waals surface area (Å²) in [5.41, 5.74) is 5.07. The fourth-order valence-corrected chi connectivity index (χ4v) is 2.72. The molecule has 0 radical (unpaired) electrons. The number of quaternary nitrogens is 1. The van der Waals surface area contributed by atoms with Crippen molar-refractivity contribution in [1.82, 2.24) is 0 Å². The van der Waals surface area contributed by atoms with E-state index in [0.29, 0.717) is 6.61 Å². The van der Waals surface area contributed by atoms with Gasteiger partial charge in [0.05, 0.1) is 0 Å². The lowest BCUT2D eigenvalue weighted by molar-refractivity contribution is -0.686. The van der Waals surface area contributed by atoms with Crippen LogP contribution in [0.25, 0.3) is 0 Å². The van der Waals surface area contributed by atoms with E-state index < -0.39 is 0 Å². The van der Waals surface area contributed by atoms with E-state index in [1.165, 1.54) is 16.7 Å². The number of hydrogen-bond donors (Lipinski definition) is 1. The number of rotatable bonds is 7. The van der Waals surface area contributed by atoms with E-state index in [4.69, 9.17) is 16.3 Å². The lowest BCUT2D eigenvalue weighted by Gasteiger charge is -2.07. The number of hydrogen-bond acceptors (Lipinski definition) is 1. The normalized spacial score (nSPS) is 10.6. The minimum Gasteiger partial charge on any atom is -0.489 e. The zero-order valence-electron chi connectivity index (χ0n) is 14.4. The van der Waals surface area contributed by atoms with Crippen LogP contribution in [0.4, 0.5) is 0 Å². The lowest BCUT2D eigenvalue weighted by atomic mass is 10.1. The van der Waals surface area contributed by atoms with Crippen LogP contribution >= 0.6 is 11.6 Å². The number of nitrogens with two attached hydrogens (primary N) is 1. The molecule has 0 saturated heterocycles. The molecule has 3 rings (SSSR count). The molecule has 0 bridgehead atoms. The number of halogens is 1. The zero-order chi connectivity index (χ0) is 17.5. The minimum atomic E-state index is 0.552. The highest BCUT2D eigenvalue weighted by molar-refractivity contribution is 6.30. The van der Waals surface area contributed by atoms with Gasteiger partial charge in [-0.15, -0.1) is 0 Å². The smallest absolute Gasteiger partial charge is 0.119 e. The predicted octanol–water partition coefficient (Wildman–Crippen LogP) is 4.49. The number of aryl methyl sites for hydroxylation is 1. The molecule has 3 aromatic carbocycles. The van der Waals surface area contributed by atoms with Crippen LogP contribution in [-0.4, -0.2) is 0 Å². The summed E-state index contributed by atoms with van der Waals surface area (Å²) in [7, 11) is 0. The van der Waals surface area contributed by atoms with Gasteiger partial charge in [-0.3, -0.25) is 0 Å². The van der Waals surface area contributed by atoms with E-state index in [1.54, 1.807) is 0 Å². The van der Waals surface area contributed by atoms with Crippen LogP contribution in [0.5, 0.6) is 5.75 Å². The number of ether oxygens (including phenoxy) is 1. The summed E-state index contributed by atoms with van der Waals surface area (Å²) >= 11 is 5.89. The maximum absolute atomic E-state index is 5.89. The molecule has 0 unspecified atom stereocenters. The van der Waals surface area contributed by atoms with Gasteiger partial charge in [0.25, 0.3) is 0 Å². The van der Waals surface area contributed by atoms with E-state index in [1.807, 2.05) is 36.4 Å². The second-order valence-corrected chi connectivity index (χ2v) is 6.68. The van der Waals surface area contributed by atoms with Gasteiger partial charge in [0, 0.05) is 16.1 Å². The van der Waals surface area contributed by atoms with Crippen molar-refractivity contribution < 1.29 is 10.1 Å². The average molecular weight is 353 g/mol. The van der Waals surface area contributed by atoms with E-state index in [9.17, 15) is 0 Å². The van der Waals surface area contributed by atoms with Crippen LogP contribution in [0.1, 0.15) is 22.3 Å². The molecule has 0 aliphatic carbocycles. The van der Waals surface area contributed by atoms with E-state index >= 15 is 0 Å². The lowest BCUT2D eigenvalue weighted by Crippen LogP contribution is -2.80. The second-order valence-electron chi connectivity index (χ2n) is 6.24. The summed E-state index contributed by atoms with van der Waals surface area (Å²) in [6, 6.07) is 24.8. The summed E-state index contributed by atoms with van der Waals surface area (Å²) in [6.07, 6.45) is 0. The summed E-state index contributed by atoms with van der Waals surface area (Å²) in [5.74, 6) is 0.886. The van der Waals surface area contributed by atoms with Gasteiger partial charge >= 0.3 is 0 Å². The fourth-order valence-electron chi connectivity index (χ4n) is 2.60. The Hall–Kier alpha value is -2.29. The van der Waals surface area contributed by atoms with Gasteiger partial charge in [0.1, 0.15) is 25.4 Å². The molecule has 0 aliphatic rings. The van der Waals surface area contributed by atoms with Crippen molar-refractivity contribution in [3.63, 3.8) is 0 Å². The Labute approximate surface area is 154 Å². The molecule has 2 nitrogen and oxygen atoms in total. The highest BCUT2D eigenvalue weighted by Crippen LogP contribution is 2.15. The molecule has 0 saturated carbocycles. The van der Waals surface area contributed by atoms with Gasteiger partial charge in [0.2, 0.25) is 0 Å². The number of benzene rings is 3. The van der Waals surface area contributed by atoms with Crippen molar-refractivity contribution in [2.24, 2.45) is 0 Å². The molecule has 0 fully saturated rings. The van der Waals surface area contributed by atoms with Gasteiger partial charge < -0.3 is 10.1 Å². The van der Waals surface area contributed by atoms with Crippen molar-refractivity contribution in [3.05, 3.63) is 100 Å². The maximum atomic E-state index is 5.89. The Morgan fingerprint density at radius 3 is 1.84 bits per heavy atom. The van der Waals surface area contributed by atoms with Crippen molar-refractivity contribution in [2.45, 2.75) is 26.6 Å². The largest absolute Gasteiger partial charge is 0.489 e. The average Bonchev–Trinajstić information content (AvgIpc) is 2.64. The van der Waals surface area contributed by atoms with Gasteiger partial charge in [-0.1, -0.05) is 53.6 Å². The fraction of sp³-hybridized carbons (Fsp3) is 0.182. The van der Waals surface area contributed by atoms with Crippen LogP contribution in [-0.2, 0) is 19.7 Å². The molecular formula is C22H23ClNO+. The second kappa shape index (κ2) is 8.70. The quantitative estimate of drug-likeness (QED) is 0.666. The van der Waals surface area contributed by atoms with Crippen molar-refractivity contribution in [2.75, 3.05) is 0 Å². The predicted molar refractivity (Wildman–Crippen MR) is 103 cm³/mol. The van der Waals surface area contributed by atoms with Gasteiger partial charge in [0.15, 0.2) is 0 Å². The first-order valence-corrected chi connectivity index (χ1v) is 8.90. The van der Waals surface area contributed by atoms with Gasteiger partial charge in [-0.05, 0) is 48.9 Å². The Balaban J connectivity index is 1.45. The van der Waals surface area contributed by atoms with Crippen LogP contribution in [0.3, 0.4) is 0 Å². The summed E-state index contributed by atoms with van der Waals surface area (Å²) in [6.45, 7) is 4.63. The third-order valence-corrected chi connectivity index (χ3v) is 4.37. The summed E-state index contributed by atoms with van der Waals surface area (Å²) in [5, 5.41) is 3.06. The van der Waals surface area contributed by atoms with E-state index in [0.717, 1.165) is 29.4 Å². The molecule has 25 heavy (non-hydrogen) atoms. The van der Waals surface area contributed by atoms with Gasteiger partial charge in [-0.2, -0.15) is 0 Å². The Morgan fingerprint density at radius 2 is 1.24 bits per heavy atom. The summed E-state index contributed by atoms with van der Waals surface area (Å²) < 4.78 is 5.82. The first-order valence-electron chi connectivity index (χ1n) is 8.52. The van der Waals surface area contributed by atoms with Crippen LogP contribution in [0, 0.1) is 6.92 Å². The molecule has 0 amide bonds. The monoisotopic (exact) mass is 352 g/mol. The molecule has 0 aliphatic heterocycles. The topological polar surface area (TPSA) is 25.8 Å². The molecule has 3 aromatic rings. The first-order chi connectivity index (χ1) is 12.2. The molecule has 2 N–H and O–H groups in total. The third-order valence-electron chi connectivity index (χ3n) is 4.12. The van der Waals surface area contributed by atoms with Crippen LogP contribution < -0.4 is 10.1 Å². The molecule has 128 valence electrons. The van der Waals surface area contributed by atoms with E-state index in [-0.39, 0.29) is 0 Å². The molecular weight excluding hydrogens is 330 g/mol. The molecule has 0 aromatic heterocycles. The van der Waals surface area contributed by atoms with Crippen LogP contribution in [0.15, 0.2) is 72.8 Å². The highest BCUT2D eigenvalue weighted by atomic mass is 35.5. The van der Waals surface area contributed by atoms with Crippen molar-refractivity contribution in [1.29, 1.82) is 0 Å². The molecule has 0 atom stereocenters.